The molecule has 0 fully saturated rings. The van der Waals surface area contributed by atoms with E-state index in [1.807, 2.05) is 0 Å². The molecule has 0 spiro atoms. The fourth-order valence-corrected chi connectivity index (χ4v) is 8.80. The van der Waals surface area contributed by atoms with Gasteiger partial charge >= 0.3 is 17.9 Å². The number of carbonyl (C=O) groups excluding carboxylic acids is 3. The topological polar surface area (TPSA) is 78.9 Å². The smallest absolute Gasteiger partial charge is 0.306 e. The molecule has 0 aliphatic carbocycles. The lowest BCUT2D eigenvalue weighted by Crippen LogP contribution is -2.30. The number of esters is 3. The Labute approximate surface area is 482 Å². The molecule has 0 heterocycles. The van der Waals surface area contributed by atoms with E-state index in [0.29, 0.717) is 19.3 Å². The lowest BCUT2D eigenvalue weighted by molar-refractivity contribution is -0.167. The number of hydrogen-bond donors (Lipinski definition) is 0. The summed E-state index contributed by atoms with van der Waals surface area (Å²) in [5, 5.41) is 0. The summed E-state index contributed by atoms with van der Waals surface area (Å²) in [5.41, 5.74) is 0. The van der Waals surface area contributed by atoms with Gasteiger partial charge in [0.05, 0.1) is 0 Å². The zero-order chi connectivity index (χ0) is 56.4. The predicted molar refractivity (Wildman–Crippen MR) is 339 cm³/mol. The van der Waals surface area contributed by atoms with Gasteiger partial charge in [0.1, 0.15) is 13.2 Å². The average molecular weight is 1080 g/mol. The van der Waals surface area contributed by atoms with Crippen molar-refractivity contribution < 1.29 is 28.6 Å². The van der Waals surface area contributed by atoms with Crippen LogP contribution in [0.3, 0.4) is 0 Å². The van der Waals surface area contributed by atoms with Crippen LogP contribution >= 0.6 is 0 Å². The molecule has 0 aliphatic rings. The van der Waals surface area contributed by atoms with Crippen LogP contribution in [0.4, 0.5) is 0 Å². The van der Waals surface area contributed by atoms with Gasteiger partial charge in [-0.25, -0.2) is 0 Å². The van der Waals surface area contributed by atoms with Crippen LogP contribution in [-0.4, -0.2) is 37.2 Å². The van der Waals surface area contributed by atoms with Crippen LogP contribution in [0.2, 0.25) is 0 Å². The molecule has 0 aliphatic heterocycles. The van der Waals surface area contributed by atoms with Gasteiger partial charge in [-0.2, -0.15) is 0 Å². The van der Waals surface area contributed by atoms with Crippen molar-refractivity contribution in [2.45, 2.75) is 303 Å². The maximum atomic E-state index is 12.9. The second-order valence-corrected chi connectivity index (χ2v) is 21.3. The van der Waals surface area contributed by atoms with E-state index in [0.717, 1.165) is 122 Å². The van der Waals surface area contributed by atoms with Crippen molar-refractivity contribution in [1.29, 1.82) is 0 Å². The molecule has 0 aromatic rings. The maximum Gasteiger partial charge on any atom is 0.306 e. The monoisotopic (exact) mass is 1080 g/mol. The Morgan fingerprint density at radius 3 is 0.808 bits per heavy atom. The van der Waals surface area contributed by atoms with Crippen molar-refractivity contribution in [3.63, 3.8) is 0 Å². The van der Waals surface area contributed by atoms with Gasteiger partial charge in [0.2, 0.25) is 0 Å². The van der Waals surface area contributed by atoms with Gasteiger partial charge in [0.25, 0.3) is 0 Å². The molecule has 0 rings (SSSR count). The summed E-state index contributed by atoms with van der Waals surface area (Å²) in [5.74, 6) is -0.938. The van der Waals surface area contributed by atoms with E-state index >= 15 is 0 Å². The van der Waals surface area contributed by atoms with Crippen molar-refractivity contribution in [1.82, 2.24) is 0 Å². The van der Waals surface area contributed by atoms with Crippen LogP contribution in [0, 0.1) is 0 Å². The average Bonchev–Trinajstić information content (AvgIpc) is 3.44. The molecule has 0 bridgehead atoms. The van der Waals surface area contributed by atoms with Crippen molar-refractivity contribution in [3.05, 3.63) is 122 Å². The quantitative estimate of drug-likeness (QED) is 0.0261. The Morgan fingerprint density at radius 2 is 0.500 bits per heavy atom. The number of unbranched alkanes of at least 4 members (excludes halogenated alkanes) is 27. The Balaban J connectivity index is 4.45. The normalized spacial score (nSPS) is 12.9. The van der Waals surface area contributed by atoms with Gasteiger partial charge in [-0.3, -0.25) is 14.4 Å². The second kappa shape index (κ2) is 65.3. The number of rotatable bonds is 58. The van der Waals surface area contributed by atoms with Crippen LogP contribution in [0.15, 0.2) is 122 Å². The maximum absolute atomic E-state index is 12.9. The Bertz CT molecular complexity index is 1620. The third kappa shape index (κ3) is 62.7. The van der Waals surface area contributed by atoms with Crippen LogP contribution in [-0.2, 0) is 28.6 Å². The van der Waals surface area contributed by atoms with Gasteiger partial charge in [-0.05, 0) is 135 Å². The highest BCUT2D eigenvalue weighted by molar-refractivity contribution is 5.71. The number of allylic oxidation sites excluding steroid dienone is 20. The van der Waals surface area contributed by atoms with Crippen molar-refractivity contribution in [3.8, 4) is 0 Å². The first-order valence-electron chi connectivity index (χ1n) is 32.5. The van der Waals surface area contributed by atoms with E-state index in [4.69, 9.17) is 14.2 Å². The van der Waals surface area contributed by atoms with Gasteiger partial charge < -0.3 is 14.2 Å². The summed E-state index contributed by atoms with van der Waals surface area (Å²) in [6, 6.07) is 0. The number of ether oxygens (including phenoxy) is 3. The van der Waals surface area contributed by atoms with Gasteiger partial charge in [-0.15, -0.1) is 0 Å². The Kier molecular flexibility index (Phi) is 61.8. The highest BCUT2D eigenvalue weighted by atomic mass is 16.6. The molecule has 0 saturated carbocycles. The molecular weight excluding hydrogens is 961 g/mol. The SMILES string of the molecule is CC/C=C\C/C=C\C/C=C\C/C=C\C/C=C\C/C=C\C/C=C\CCCCCC(=O)OCC(COC(=O)CCCCCCC/C=C\CCCCCCC)OC(=O)CCCCCCCCCCC/C=C\C/C=C\CCCCCCC. The molecule has 78 heavy (non-hydrogen) atoms. The second-order valence-electron chi connectivity index (χ2n) is 21.3. The van der Waals surface area contributed by atoms with Gasteiger partial charge in [0, 0.05) is 19.3 Å². The van der Waals surface area contributed by atoms with Crippen molar-refractivity contribution >= 4 is 17.9 Å². The van der Waals surface area contributed by atoms with E-state index in [-0.39, 0.29) is 31.1 Å². The summed E-state index contributed by atoms with van der Waals surface area (Å²) >= 11 is 0. The first-order chi connectivity index (χ1) is 38.5. The van der Waals surface area contributed by atoms with Crippen LogP contribution < -0.4 is 0 Å². The molecule has 0 amide bonds. The van der Waals surface area contributed by atoms with Crippen molar-refractivity contribution in [2.75, 3.05) is 13.2 Å². The zero-order valence-electron chi connectivity index (χ0n) is 50.9. The summed E-state index contributed by atoms with van der Waals surface area (Å²) < 4.78 is 16.9. The fraction of sp³-hybridized carbons (Fsp3) is 0.681. The minimum absolute atomic E-state index is 0.0966. The highest BCUT2D eigenvalue weighted by Gasteiger charge is 2.19. The molecular formula is C72H120O6. The molecule has 0 aromatic heterocycles. The first kappa shape index (κ1) is 73.8. The molecule has 6 heteroatoms. The van der Waals surface area contributed by atoms with Crippen LogP contribution in [0.1, 0.15) is 297 Å². The van der Waals surface area contributed by atoms with Crippen LogP contribution in [0.5, 0.6) is 0 Å². The van der Waals surface area contributed by atoms with E-state index < -0.39 is 6.10 Å². The minimum atomic E-state index is -0.802. The number of carbonyl (C=O) groups is 3. The molecule has 0 aromatic carbocycles. The van der Waals surface area contributed by atoms with Gasteiger partial charge in [0.15, 0.2) is 6.10 Å². The van der Waals surface area contributed by atoms with Gasteiger partial charge in [-0.1, -0.05) is 264 Å². The zero-order valence-corrected chi connectivity index (χ0v) is 50.9. The van der Waals surface area contributed by atoms with E-state index in [9.17, 15) is 14.4 Å². The fourth-order valence-electron chi connectivity index (χ4n) is 8.80. The lowest BCUT2D eigenvalue weighted by atomic mass is 10.1. The van der Waals surface area contributed by atoms with E-state index in [2.05, 4.69) is 142 Å². The number of hydrogen-bond acceptors (Lipinski definition) is 6. The van der Waals surface area contributed by atoms with Crippen molar-refractivity contribution in [2.24, 2.45) is 0 Å². The summed E-state index contributed by atoms with van der Waals surface area (Å²) in [4.78, 5) is 38.3. The Morgan fingerprint density at radius 1 is 0.269 bits per heavy atom. The third-order valence-corrected chi connectivity index (χ3v) is 13.7. The Hall–Kier alpha value is -4.19. The molecule has 0 radical (unpaired) electrons. The molecule has 6 nitrogen and oxygen atoms in total. The first-order valence-corrected chi connectivity index (χ1v) is 32.5. The minimum Gasteiger partial charge on any atom is -0.462 e. The molecule has 444 valence electrons. The standard InChI is InChI=1S/C72H120O6/c1-4-7-10-13-16-19-22-25-28-30-32-34-35-36-37-39-40-42-44-47-50-53-56-59-62-65-71(74)77-68-69(67-76-70(73)64-61-58-55-52-49-46-27-24-21-18-15-12-9-6-3)78-72(75)66-63-60-57-54-51-48-45-43-41-38-33-31-29-26-23-20-17-14-11-8-5-2/h7,10,16,19,23-28,31-34,36-37,40,42,47,50,69H,4-6,8-9,11-15,17-18,20-22,29-30,35,38-39,41,43-46,48-49,51-68H2,1-3H3/b10-7-,19-16-,26-23-,27-24-,28-25-,33-31-,34-32-,37-36-,42-40-,50-47-. The van der Waals surface area contributed by atoms with E-state index in [1.54, 1.807) is 0 Å². The molecule has 0 N–H and O–H groups in total. The lowest BCUT2D eigenvalue weighted by Gasteiger charge is -2.18. The predicted octanol–water partition coefficient (Wildman–Crippen LogP) is 22.4. The summed E-state index contributed by atoms with van der Waals surface area (Å²) in [6.07, 6.45) is 90.5. The highest BCUT2D eigenvalue weighted by Crippen LogP contribution is 2.15. The molecule has 0 saturated heterocycles. The molecule has 1 unspecified atom stereocenters. The molecule has 1 atom stereocenters. The van der Waals surface area contributed by atoms with Crippen LogP contribution in [0.25, 0.3) is 0 Å². The largest absolute Gasteiger partial charge is 0.462 e. The van der Waals surface area contributed by atoms with E-state index in [1.165, 1.54) is 135 Å². The summed E-state index contributed by atoms with van der Waals surface area (Å²) in [7, 11) is 0. The third-order valence-electron chi connectivity index (χ3n) is 13.7. The summed E-state index contributed by atoms with van der Waals surface area (Å²) in [6.45, 7) is 6.48.